The molecule has 4 aliphatic rings. The normalized spacial score (nSPS) is 25.7. The van der Waals surface area contributed by atoms with Crippen LogP contribution in [0.2, 0.25) is 0 Å². The maximum absolute atomic E-state index is 14.4. The minimum Gasteiger partial charge on any atom is -0.445 e. The number of aryl methyl sites for hydroxylation is 1. The van der Waals surface area contributed by atoms with Crippen molar-refractivity contribution >= 4 is 29.8 Å². The van der Waals surface area contributed by atoms with E-state index in [1.165, 1.54) is 32.9 Å². The van der Waals surface area contributed by atoms with Gasteiger partial charge in [-0.15, -0.1) is 0 Å². The fourth-order valence-corrected chi connectivity index (χ4v) is 8.41. The van der Waals surface area contributed by atoms with Crippen LogP contribution < -0.4 is 10.6 Å². The molecule has 3 fully saturated rings. The molecule has 4 amide bonds. The predicted octanol–water partition coefficient (Wildman–Crippen LogP) is 4.58. The molecule has 1 saturated carbocycles. The molecule has 6 atom stereocenters. The Hall–Kier alpha value is -4.45. The van der Waals surface area contributed by atoms with Gasteiger partial charge < -0.3 is 29.9 Å². The maximum Gasteiger partial charge on any atom is 0.410 e. The molecule has 2 heterocycles. The van der Waals surface area contributed by atoms with Crippen molar-refractivity contribution in [3.8, 4) is 0 Å². The summed E-state index contributed by atoms with van der Waals surface area (Å²) in [4.78, 5) is 72.6. The minimum absolute atomic E-state index is 0.0115. The molecule has 0 radical (unpaired) electrons. The highest BCUT2D eigenvalue weighted by molar-refractivity contribution is 5.95. The number of carbonyl (C=O) groups excluding carboxylic acids is 5. The first-order valence-corrected chi connectivity index (χ1v) is 19.0. The molecule has 2 spiro atoms. The number of nitrogens with zero attached hydrogens (tertiary/aromatic N) is 3. The van der Waals surface area contributed by atoms with Crippen LogP contribution in [0.15, 0.2) is 54.6 Å². The zero-order chi connectivity index (χ0) is 38.3. The number of amides is 4. The molecule has 12 heteroatoms. The minimum atomic E-state index is -0.972. The van der Waals surface area contributed by atoms with Gasteiger partial charge in [0.25, 0.3) is 0 Å². The quantitative estimate of drug-likeness (QED) is 0.338. The fourth-order valence-electron chi connectivity index (χ4n) is 8.41. The second-order valence-electron chi connectivity index (χ2n) is 16.6. The van der Waals surface area contributed by atoms with E-state index in [0.29, 0.717) is 0 Å². The summed E-state index contributed by atoms with van der Waals surface area (Å²) in [6.07, 6.45) is 3.26. The van der Waals surface area contributed by atoms with Gasteiger partial charge in [0.1, 0.15) is 30.3 Å². The Morgan fingerprint density at radius 2 is 1.70 bits per heavy atom. The molecule has 6 rings (SSSR count). The summed E-state index contributed by atoms with van der Waals surface area (Å²) in [6.45, 7) is 10.8. The molecule has 2 aliphatic carbocycles. The number of carbonyl (C=O) groups is 5. The van der Waals surface area contributed by atoms with Crippen LogP contribution in [0.25, 0.3) is 0 Å². The smallest absolute Gasteiger partial charge is 0.410 e. The van der Waals surface area contributed by atoms with Crippen LogP contribution in [-0.2, 0) is 42.3 Å². The molecule has 2 aliphatic heterocycles. The SMILES string of the molecule is CC(C)[C@H](NC(=O)[C@H](C)N(C)C(=O)OC(C)(C)C)C(=O)N1CCN(C(=O)OCc2ccccc2)C[C@H]1C(=O)CC1N[C@@]12C[C@@]21CCCc2ccccc21. The van der Waals surface area contributed by atoms with Gasteiger partial charge in [-0.1, -0.05) is 68.4 Å². The Kier molecular flexibility index (Phi) is 10.7. The monoisotopic (exact) mass is 729 g/mol. The first kappa shape index (κ1) is 38.3. The van der Waals surface area contributed by atoms with Crippen molar-refractivity contribution in [3.05, 3.63) is 71.3 Å². The largest absolute Gasteiger partial charge is 0.445 e. The van der Waals surface area contributed by atoms with Crippen molar-refractivity contribution in [3.63, 3.8) is 0 Å². The van der Waals surface area contributed by atoms with Crippen LogP contribution in [0.4, 0.5) is 9.59 Å². The van der Waals surface area contributed by atoms with E-state index in [2.05, 4.69) is 34.9 Å². The van der Waals surface area contributed by atoms with Crippen molar-refractivity contribution in [2.75, 3.05) is 26.7 Å². The lowest BCUT2D eigenvalue weighted by Gasteiger charge is -2.42. The van der Waals surface area contributed by atoms with Gasteiger partial charge in [0, 0.05) is 43.6 Å². The lowest BCUT2D eigenvalue weighted by molar-refractivity contribution is -0.147. The maximum atomic E-state index is 14.4. The second-order valence-corrected chi connectivity index (χ2v) is 16.6. The molecule has 53 heavy (non-hydrogen) atoms. The first-order valence-electron chi connectivity index (χ1n) is 19.0. The zero-order valence-corrected chi connectivity index (χ0v) is 32.1. The molecule has 0 bridgehead atoms. The number of ketones is 1. The van der Waals surface area contributed by atoms with E-state index >= 15 is 0 Å². The van der Waals surface area contributed by atoms with E-state index in [0.717, 1.165) is 31.2 Å². The van der Waals surface area contributed by atoms with Crippen LogP contribution in [0.1, 0.15) is 83.9 Å². The topological polar surface area (TPSA) is 148 Å². The summed E-state index contributed by atoms with van der Waals surface area (Å²) in [5.41, 5.74) is 2.78. The lowest BCUT2D eigenvalue weighted by Crippen LogP contribution is -2.64. The van der Waals surface area contributed by atoms with Crippen molar-refractivity contribution in [2.24, 2.45) is 5.92 Å². The standard InChI is InChI=1S/C41H55N5O7/c1-26(2)34(42-35(48)27(3)44(7)37(50)53-39(4,5)6)36(49)46-21-20-45(38(51)52-24-28-14-9-8-10-15-28)23-31(46)32(47)22-33-41(43-33)25-40(41)19-13-17-29-16-11-12-18-30(29)40/h8-12,14-16,18,26-27,31,33-34,43H,13,17,19-25H2,1-7H3,(H,42,48)/t27-,31-,33?,34-,40+,41-/m0/s1. The number of hydrogen-bond acceptors (Lipinski definition) is 8. The Morgan fingerprint density at radius 3 is 2.40 bits per heavy atom. The molecule has 12 nitrogen and oxygen atoms in total. The highest BCUT2D eigenvalue weighted by atomic mass is 16.6. The lowest BCUT2D eigenvalue weighted by atomic mass is 9.78. The van der Waals surface area contributed by atoms with Gasteiger partial charge in [0.15, 0.2) is 5.78 Å². The summed E-state index contributed by atoms with van der Waals surface area (Å²) >= 11 is 0. The van der Waals surface area contributed by atoms with Gasteiger partial charge in [-0.05, 0) is 76.0 Å². The Labute approximate surface area is 312 Å². The van der Waals surface area contributed by atoms with Gasteiger partial charge in [0.2, 0.25) is 11.8 Å². The number of Topliss-reactive ketones (excluding diaryl/α,β-unsaturated/α-hetero) is 1. The number of ether oxygens (including phenoxy) is 2. The number of fused-ring (bicyclic) bond motifs is 3. The molecular formula is C41H55N5O7. The highest BCUT2D eigenvalue weighted by Crippen LogP contribution is 2.70. The van der Waals surface area contributed by atoms with Crippen LogP contribution in [0.5, 0.6) is 0 Å². The third-order valence-electron chi connectivity index (χ3n) is 11.6. The van der Waals surface area contributed by atoms with Crippen LogP contribution in [0, 0.1) is 5.92 Å². The van der Waals surface area contributed by atoms with E-state index in [4.69, 9.17) is 9.47 Å². The van der Waals surface area contributed by atoms with Gasteiger partial charge in [-0.3, -0.25) is 19.3 Å². The summed E-state index contributed by atoms with van der Waals surface area (Å²) in [6, 6.07) is 15.2. The molecular weight excluding hydrogens is 674 g/mol. The molecule has 2 saturated heterocycles. The number of nitrogens with one attached hydrogen (secondary N) is 2. The Balaban J connectivity index is 1.17. The van der Waals surface area contributed by atoms with Crippen molar-refractivity contribution < 1.29 is 33.4 Å². The number of benzene rings is 2. The Bertz CT molecular complexity index is 1730. The zero-order valence-electron chi connectivity index (χ0n) is 32.1. The second kappa shape index (κ2) is 14.8. The molecule has 286 valence electrons. The number of likely N-dealkylation sites (N-methyl/N-ethyl adjacent to an activating group) is 1. The van der Waals surface area contributed by atoms with E-state index in [1.807, 2.05) is 44.2 Å². The van der Waals surface area contributed by atoms with Gasteiger partial charge in [-0.25, -0.2) is 9.59 Å². The van der Waals surface area contributed by atoms with Crippen LogP contribution >= 0.6 is 0 Å². The molecule has 2 aromatic carbocycles. The van der Waals surface area contributed by atoms with Crippen molar-refractivity contribution in [1.82, 2.24) is 25.3 Å². The summed E-state index contributed by atoms with van der Waals surface area (Å²) < 4.78 is 11.1. The summed E-state index contributed by atoms with van der Waals surface area (Å²) in [5, 5.41) is 6.55. The van der Waals surface area contributed by atoms with E-state index < -0.39 is 47.7 Å². The predicted molar refractivity (Wildman–Crippen MR) is 199 cm³/mol. The van der Waals surface area contributed by atoms with Crippen LogP contribution in [-0.4, -0.2) is 106 Å². The highest BCUT2D eigenvalue weighted by Gasteiger charge is 2.80. The third-order valence-corrected chi connectivity index (χ3v) is 11.6. The van der Waals surface area contributed by atoms with E-state index in [-0.39, 0.29) is 61.4 Å². The molecule has 0 aromatic heterocycles. The third kappa shape index (κ3) is 7.79. The average molecular weight is 730 g/mol. The average Bonchev–Trinajstić information content (AvgIpc) is 4.01. The van der Waals surface area contributed by atoms with E-state index in [9.17, 15) is 24.0 Å². The van der Waals surface area contributed by atoms with Gasteiger partial charge in [0.05, 0.1) is 6.54 Å². The number of hydrogen-bond donors (Lipinski definition) is 2. The van der Waals surface area contributed by atoms with Crippen LogP contribution in [0.3, 0.4) is 0 Å². The van der Waals surface area contributed by atoms with Crippen molar-refractivity contribution in [1.29, 1.82) is 0 Å². The molecule has 2 aromatic rings. The number of piperazine rings is 1. The van der Waals surface area contributed by atoms with Gasteiger partial charge in [-0.2, -0.15) is 0 Å². The Morgan fingerprint density at radius 1 is 1.00 bits per heavy atom. The number of rotatable bonds is 10. The fraction of sp³-hybridized carbons (Fsp3) is 0.585. The van der Waals surface area contributed by atoms with Gasteiger partial charge >= 0.3 is 12.2 Å². The van der Waals surface area contributed by atoms with Crippen molar-refractivity contribution in [2.45, 2.75) is 121 Å². The molecule has 2 N–H and O–H groups in total. The summed E-state index contributed by atoms with van der Waals surface area (Å²) in [7, 11) is 1.48. The summed E-state index contributed by atoms with van der Waals surface area (Å²) in [5.74, 6) is -1.39. The molecule has 1 unspecified atom stereocenters. The first-order chi connectivity index (χ1) is 25.1. The van der Waals surface area contributed by atoms with E-state index in [1.54, 1.807) is 27.7 Å².